The Morgan fingerprint density at radius 3 is 2.72 bits per heavy atom. The molecule has 7 nitrogen and oxygen atoms in total. The smallest absolute Gasteiger partial charge is 0.259 e. The number of amides is 2. The topological polar surface area (TPSA) is 76.5 Å². The molecule has 164 valence electrons. The number of piperidine rings is 1. The summed E-state index contributed by atoms with van der Waals surface area (Å²) in [5, 5.41) is 7.16. The van der Waals surface area contributed by atoms with Crippen molar-refractivity contribution in [1.29, 1.82) is 0 Å². The molecule has 2 amide bonds. The highest BCUT2D eigenvalue weighted by Crippen LogP contribution is 2.30. The number of anilines is 1. The summed E-state index contributed by atoms with van der Waals surface area (Å²) >= 11 is 0. The van der Waals surface area contributed by atoms with E-state index in [0.29, 0.717) is 30.1 Å². The van der Waals surface area contributed by atoms with E-state index in [1.165, 1.54) is 6.08 Å². The van der Waals surface area contributed by atoms with Crippen LogP contribution >= 0.6 is 0 Å². The minimum atomic E-state index is -0.251. The normalized spacial score (nSPS) is 15.8. The van der Waals surface area contributed by atoms with Crippen molar-refractivity contribution in [3.8, 4) is 16.9 Å². The number of rotatable bonds is 6. The first-order valence-electron chi connectivity index (χ1n) is 10.6. The lowest BCUT2D eigenvalue weighted by Gasteiger charge is -2.32. The van der Waals surface area contributed by atoms with Gasteiger partial charge in [0.2, 0.25) is 5.91 Å². The molecule has 0 unspecified atom stereocenters. The highest BCUT2D eigenvalue weighted by Gasteiger charge is 2.25. The second kappa shape index (κ2) is 9.51. The van der Waals surface area contributed by atoms with E-state index in [2.05, 4.69) is 17.0 Å². The standard InChI is InChI=1S/C25H26N4O3/c1-3-24(30)29-13-7-10-21(17-29)32-23-14-18(19-15-26-28(2)16-19)11-12-22(23)25(31)27-20-8-5-4-6-9-20/h3-6,8-9,11-12,14-16,21H,1,7,10,13,17H2,2H3,(H,27,31)/t21-/m1/s1. The first kappa shape index (κ1) is 21.4. The second-order valence-electron chi connectivity index (χ2n) is 7.80. The summed E-state index contributed by atoms with van der Waals surface area (Å²) < 4.78 is 8.05. The van der Waals surface area contributed by atoms with Crippen molar-refractivity contribution in [2.75, 3.05) is 18.4 Å². The van der Waals surface area contributed by atoms with Gasteiger partial charge < -0.3 is 15.0 Å². The average Bonchev–Trinajstić information content (AvgIpc) is 3.25. The molecular formula is C25H26N4O3. The van der Waals surface area contributed by atoms with Gasteiger partial charge in [-0.25, -0.2) is 0 Å². The molecule has 0 spiro atoms. The van der Waals surface area contributed by atoms with Crippen molar-refractivity contribution in [3.05, 3.63) is 79.1 Å². The van der Waals surface area contributed by atoms with E-state index in [9.17, 15) is 9.59 Å². The number of para-hydroxylation sites is 1. The van der Waals surface area contributed by atoms with Gasteiger partial charge in [0.05, 0.1) is 18.3 Å². The molecular weight excluding hydrogens is 404 g/mol. The first-order chi connectivity index (χ1) is 15.5. The number of carbonyl (C=O) groups excluding carboxylic acids is 2. The molecule has 2 aromatic carbocycles. The number of benzene rings is 2. The largest absolute Gasteiger partial charge is 0.488 e. The van der Waals surface area contributed by atoms with Crippen LogP contribution in [0, 0.1) is 0 Å². The summed E-state index contributed by atoms with van der Waals surface area (Å²) in [7, 11) is 1.86. The Hall–Kier alpha value is -3.87. The Kier molecular flexibility index (Phi) is 6.35. The number of hydrogen-bond acceptors (Lipinski definition) is 4. The summed E-state index contributed by atoms with van der Waals surface area (Å²) in [5.41, 5.74) is 2.98. The van der Waals surface area contributed by atoms with Crippen LogP contribution in [0.2, 0.25) is 0 Å². The van der Waals surface area contributed by atoms with Gasteiger partial charge in [0, 0.05) is 31.0 Å². The average molecular weight is 431 g/mol. The lowest BCUT2D eigenvalue weighted by atomic mass is 10.0. The van der Waals surface area contributed by atoms with Gasteiger partial charge in [-0.2, -0.15) is 5.10 Å². The van der Waals surface area contributed by atoms with Crippen LogP contribution in [-0.2, 0) is 11.8 Å². The van der Waals surface area contributed by atoms with Crippen LogP contribution in [0.15, 0.2) is 73.6 Å². The Morgan fingerprint density at radius 1 is 1.19 bits per heavy atom. The summed E-state index contributed by atoms with van der Waals surface area (Å²) in [6.45, 7) is 4.72. The van der Waals surface area contributed by atoms with Crippen LogP contribution in [0.25, 0.3) is 11.1 Å². The Labute approximate surface area is 187 Å². The van der Waals surface area contributed by atoms with Crippen molar-refractivity contribution in [2.24, 2.45) is 7.05 Å². The molecule has 0 aliphatic carbocycles. The van der Waals surface area contributed by atoms with Gasteiger partial charge in [-0.15, -0.1) is 0 Å². The molecule has 1 aliphatic rings. The third kappa shape index (κ3) is 4.88. The van der Waals surface area contributed by atoms with E-state index in [4.69, 9.17) is 4.74 Å². The summed E-state index contributed by atoms with van der Waals surface area (Å²) in [4.78, 5) is 26.9. The lowest BCUT2D eigenvalue weighted by molar-refractivity contribution is -0.128. The third-order valence-corrected chi connectivity index (χ3v) is 5.45. The highest BCUT2D eigenvalue weighted by atomic mass is 16.5. The Balaban J connectivity index is 1.62. The van der Waals surface area contributed by atoms with Crippen LogP contribution in [0.5, 0.6) is 5.75 Å². The molecule has 1 fully saturated rings. The predicted molar refractivity (Wildman–Crippen MR) is 123 cm³/mol. The molecule has 1 N–H and O–H groups in total. The number of nitrogens with one attached hydrogen (secondary N) is 1. The molecule has 0 bridgehead atoms. The van der Waals surface area contributed by atoms with Gasteiger partial charge >= 0.3 is 0 Å². The van der Waals surface area contributed by atoms with E-state index in [-0.39, 0.29) is 17.9 Å². The highest BCUT2D eigenvalue weighted by molar-refractivity contribution is 6.06. The number of hydrogen-bond donors (Lipinski definition) is 1. The minimum Gasteiger partial charge on any atom is -0.488 e. The zero-order chi connectivity index (χ0) is 22.5. The number of nitrogens with zero attached hydrogens (tertiary/aromatic N) is 3. The monoisotopic (exact) mass is 430 g/mol. The van der Waals surface area contributed by atoms with Crippen molar-refractivity contribution < 1.29 is 14.3 Å². The van der Waals surface area contributed by atoms with Crippen molar-refractivity contribution >= 4 is 17.5 Å². The van der Waals surface area contributed by atoms with Gasteiger partial charge in [0.15, 0.2) is 0 Å². The van der Waals surface area contributed by atoms with Crippen LogP contribution in [0.1, 0.15) is 23.2 Å². The zero-order valence-electron chi connectivity index (χ0n) is 18.0. The molecule has 1 aliphatic heterocycles. The second-order valence-corrected chi connectivity index (χ2v) is 7.80. The first-order valence-corrected chi connectivity index (χ1v) is 10.6. The van der Waals surface area contributed by atoms with Crippen molar-refractivity contribution in [1.82, 2.24) is 14.7 Å². The quantitative estimate of drug-likeness (QED) is 0.602. The zero-order valence-corrected chi connectivity index (χ0v) is 18.0. The summed E-state index contributed by atoms with van der Waals surface area (Å²) in [5.74, 6) is 0.126. The molecule has 0 radical (unpaired) electrons. The number of aromatic nitrogens is 2. The molecule has 0 saturated carbocycles. The maximum Gasteiger partial charge on any atom is 0.259 e. The molecule has 2 heterocycles. The fraction of sp³-hybridized carbons (Fsp3) is 0.240. The molecule has 1 saturated heterocycles. The SMILES string of the molecule is C=CC(=O)N1CCC[C@@H](Oc2cc(-c3cnn(C)c3)ccc2C(=O)Nc2ccccc2)C1. The number of ether oxygens (including phenoxy) is 1. The van der Waals surface area contributed by atoms with Crippen LogP contribution in [-0.4, -0.2) is 45.7 Å². The van der Waals surface area contributed by atoms with Crippen LogP contribution in [0.4, 0.5) is 5.69 Å². The van der Waals surface area contributed by atoms with Gasteiger partial charge in [-0.3, -0.25) is 14.3 Å². The fourth-order valence-electron chi connectivity index (χ4n) is 3.82. The van der Waals surface area contributed by atoms with Gasteiger partial charge in [-0.1, -0.05) is 30.8 Å². The molecule has 1 aromatic heterocycles. The third-order valence-electron chi connectivity index (χ3n) is 5.45. The predicted octanol–water partition coefficient (Wildman–Crippen LogP) is 3.90. The van der Waals surface area contributed by atoms with Crippen molar-refractivity contribution in [2.45, 2.75) is 18.9 Å². The molecule has 4 rings (SSSR count). The Morgan fingerprint density at radius 2 is 2.00 bits per heavy atom. The molecule has 3 aromatic rings. The Bertz CT molecular complexity index is 1120. The summed E-state index contributed by atoms with van der Waals surface area (Å²) in [6.07, 6.45) is 6.43. The number of carbonyl (C=O) groups is 2. The van der Waals surface area contributed by atoms with E-state index in [1.54, 1.807) is 21.8 Å². The van der Waals surface area contributed by atoms with Gasteiger partial charge in [0.25, 0.3) is 5.91 Å². The lowest BCUT2D eigenvalue weighted by Crippen LogP contribution is -2.43. The minimum absolute atomic E-state index is 0.107. The number of aryl methyl sites for hydroxylation is 1. The molecule has 1 atom stereocenters. The molecule has 7 heteroatoms. The van der Waals surface area contributed by atoms with E-state index < -0.39 is 0 Å². The maximum atomic E-state index is 13.1. The van der Waals surface area contributed by atoms with E-state index in [0.717, 1.165) is 24.0 Å². The van der Waals surface area contributed by atoms with Crippen molar-refractivity contribution in [3.63, 3.8) is 0 Å². The maximum absolute atomic E-state index is 13.1. The van der Waals surface area contributed by atoms with Crippen LogP contribution < -0.4 is 10.1 Å². The van der Waals surface area contributed by atoms with E-state index in [1.807, 2.05) is 55.7 Å². The van der Waals surface area contributed by atoms with Gasteiger partial charge in [0.1, 0.15) is 11.9 Å². The van der Waals surface area contributed by atoms with Crippen LogP contribution in [0.3, 0.4) is 0 Å². The molecule has 32 heavy (non-hydrogen) atoms. The fourth-order valence-corrected chi connectivity index (χ4v) is 3.82. The van der Waals surface area contributed by atoms with Gasteiger partial charge in [-0.05, 0) is 48.7 Å². The van der Waals surface area contributed by atoms with E-state index >= 15 is 0 Å². The number of likely N-dealkylation sites (tertiary alicyclic amines) is 1. The summed E-state index contributed by atoms with van der Waals surface area (Å²) in [6, 6.07) is 14.8.